The van der Waals surface area contributed by atoms with Gasteiger partial charge in [0.15, 0.2) is 0 Å². The molecule has 0 aliphatic heterocycles. The molecule has 2 nitrogen and oxygen atoms in total. The molecule has 1 N–H and O–H groups in total. The predicted molar refractivity (Wildman–Crippen MR) is 74.5 cm³/mol. The fourth-order valence-corrected chi connectivity index (χ4v) is 2.75. The molecule has 90 valence electrons. The van der Waals surface area contributed by atoms with Gasteiger partial charge in [-0.3, -0.25) is 0 Å². The van der Waals surface area contributed by atoms with Gasteiger partial charge in [-0.05, 0) is 13.5 Å². The summed E-state index contributed by atoms with van der Waals surface area (Å²) in [5, 5.41) is 4.56. The lowest BCUT2D eigenvalue weighted by Crippen LogP contribution is -2.15. The number of thiazole rings is 1. The Kier molecular flexibility index (Phi) is 4.29. The molecular formula is C14H18N2S. The van der Waals surface area contributed by atoms with E-state index in [9.17, 15) is 0 Å². The van der Waals surface area contributed by atoms with E-state index < -0.39 is 0 Å². The summed E-state index contributed by atoms with van der Waals surface area (Å²) >= 11 is 1.81. The number of benzene rings is 1. The van der Waals surface area contributed by atoms with Crippen LogP contribution in [0.1, 0.15) is 16.8 Å². The van der Waals surface area contributed by atoms with Gasteiger partial charge >= 0.3 is 0 Å². The van der Waals surface area contributed by atoms with Crippen LogP contribution in [0, 0.1) is 6.92 Å². The van der Waals surface area contributed by atoms with Crippen LogP contribution >= 0.6 is 11.3 Å². The average Bonchev–Trinajstić information content (AvgIpc) is 2.72. The number of hydrogen-bond acceptors (Lipinski definition) is 3. The molecule has 2 rings (SSSR count). The summed E-state index contributed by atoms with van der Waals surface area (Å²) in [7, 11) is 0. The van der Waals surface area contributed by atoms with E-state index in [2.05, 4.69) is 43.4 Å². The van der Waals surface area contributed by atoms with Gasteiger partial charge in [-0.25, -0.2) is 4.98 Å². The van der Waals surface area contributed by atoms with E-state index in [-0.39, 0.29) is 0 Å². The average molecular weight is 246 g/mol. The first-order valence-electron chi connectivity index (χ1n) is 6.03. The molecule has 0 spiro atoms. The zero-order valence-electron chi connectivity index (χ0n) is 10.4. The van der Waals surface area contributed by atoms with Crippen LogP contribution in [0.2, 0.25) is 0 Å². The number of nitrogens with zero attached hydrogens (tertiary/aromatic N) is 1. The normalized spacial score (nSPS) is 10.7. The van der Waals surface area contributed by atoms with E-state index in [4.69, 9.17) is 4.98 Å². The molecule has 17 heavy (non-hydrogen) atoms. The Morgan fingerprint density at radius 3 is 2.71 bits per heavy atom. The third-order valence-electron chi connectivity index (χ3n) is 2.65. The van der Waals surface area contributed by atoms with E-state index >= 15 is 0 Å². The Morgan fingerprint density at radius 1 is 1.24 bits per heavy atom. The Hall–Kier alpha value is -1.19. The van der Waals surface area contributed by atoms with Crippen LogP contribution in [0.25, 0.3) is 11.3 Å². The van der Waals surface area contributed by atoms with Crippen LogP contribution in [-0.4, -0.2) is 18.1 Å². The van der Waals surface area contributed by atoms with Gasteiger partial charge in [0.1, 0.15) is 0 Å². The third kappa shape index (κ3) is 3.14. The van der Waals surface area contributed by atoms with Crippen LogP contribution < -0.4 is 5.32 Å². The predicted octanol–water partition coefficient (Wildman–Crippen LogP) is 3.27. The van der Waals surface area contributed by atoms with Crippen molar-refractivity contribution in [2.75, 3.05) is 13.1 Å². The smallest absolute Gasteiger partial charge is 0.0948 e. The molecule has 0 unspecified atom stereocenters. The minimum atomic E-state index is 1.01. The number of nitrogens with one attached hydrogen (secondary N) is 1. The second-order valence-corrected chi connectivity index (χ2v) is 5.27. The molecule has 3 heteroatoms. The topological polar surface area (TPSA) is 24.9 Å². The molecule has 2 aromatic rings. The van der Waals surface area contributed by atoms with Gasteiger partial charge in [-0.15, -0.1) is 11.3 Å². The highest BCUT2D eigenvalue weighted by Gasteiger charge is 2.08. The van der Waals surface area contributed by atoms with E-state index in [0.717, 1.165) is 25.2 Å². The second-order valence-electron chi connectivity index (χ2n) is 3.98. The van der Waals surface area contributed by atoms with Gasteiger partial charge in [0.25, 0.3) is 0 Å². The quantitative estimate of drug-likeness (QED) is 0.819. The number of aryl methyl sites for hydroxylation is 1. The van der Waals surface area contributed by atoms with Gasteiger partial charge < -0.3 is 5.32 Å². The largest absolute Gasteiger partial charge is 0.317 e. The van der Waals surface area contributed by atoms with Crippen molar-refractivity contribution in [2.45, 2.75) is 20.3 Å². The first kappa shape index (κ1) is 12.3. The lowest BCUT2D eigenvalue weighted by atomic mass is 10.1. The summed E-state index contributed by atoms with van der Waals surface area (Å²) in [5.74, 6) is 0. The van der Waals surface area contributed by atoms with Crippen LogP contribution in [0.15, 0.2) is 30.3 Å². The summed E-state index contributed by atoms with van der Waals surface area (Å²) in [6.07, 6.45) is 1.02. The minimum Gasteiger partial charge on any atom is -0.317 e. The van der Waals surface area contributed by atoms with E-state index in [1.54, 1.807) is 0 Å². The Balaban J connectivity index is 2.14. The molecule has 0 atom stereocenters. The maximum atomic E-state index is 4.73. The van der Waals surface area contributed by atoms with Gasteiger partial charge in [0, 0.05) is 23.4 Å². The monoisotopic (exact) mass is 246 g/mol. The SMILES string of the molecule is CCNCCc1nc(-c2ccccc2)c(C)s1. The zero-order chi connectivity index (χ0) is 12.1. The van der Waals surface area contributed by atoms with Gasteiger partial charge in [-0.1, -0.05) is 37.3 Å². The fraction of sp³-hybridized carbons (Fsp3) is 0.357. The van der Waals surface area contributed by atoms with Gasteiger partial charge in [0.05, 0.1) is 10.7 Å². The summed E-state index contributed by atoms with van der Waals surface area (Å²) in [4.78, 5) is 6.04. The third-order valence-corrected chi connectivity index (χ3v) is 3.68. The van der Waals surface area contributed by atoms with Crippen molar-refractivity contribution in [2.24, 2.45) is 0 Å². The fourth-order valence-electron chi connectivity index (χ4n) is 1.79. The molecule has 0 radical (unpaired) electrons. The maximum absolute atomic E-state index is 4.73. The molecule has 1 aromatic heterocycles. The van der Waals surface area contributed by atoms with Crippen molar-refractivity contribution in [3.05, 3.63) is 40.2 Å². The Bertz CT molecular complexity index is 462. The number of likely N-dealkylation sites (N-methyl/N-ethyl adjacent to an activating group) is 1. The first-order chi connectivity index (χ1) is 8.31. The molecular weight excluding hydrogens is 228 g/mol. The highest BCUT2D eigenvalue weighted by molar-refractivity contribution is 7.12. The van der Waals surface area contributed by atoms with Gasteiger partial charge in [-0.2, -0.15) is 0 Å². The van der Waals surface area contributed by atoms with Crippen molar-refractivity contribution in [3.8, 4) is 11.3 Å². The standard InChI is InChI=1S/C14H18N2S/c1-3-15-10-9-13-16-14(11(2)17-13)12-7-5-4-6-8-12/h4-8,15H,3,9-10H2,1-2H3. The maximum Gasteiger partial charge on any atom is 0.0948 e. The summed E-state index contributed by atoms with van der Waals surface area (Å²) < 4.78 is 0. The summed E-state index contributed by atoms with van der Waals surface area (Å²) in [6, 6.07) is 10.4. The molecule has 0 bridgehead atoms. The van der Waals surface area contributed by atoms with Gasteiger partial charge in [0.2, 0.25) is 0 Å². The second kappa shape index (κ2) is 5.94. The van der Waals surface area contributed by atoms with Crippen molar-refractivity contribution < 1.29 is 0 Å². The molecule has 0 saturated carbocycles. The minimum absolute atomic E-state index is 1.01. The van der Waals surface area contributed by atoms with E-state index in [0.29, 0.717) is 0 Å². The Labute approximate surface area is 107 Å². The summed E-state index contributed by atoms with van der Waals surface area (Å²) in [6.45, 7) is 6.31. The molecule has 0 aliphatic carbocycles. The molecule has 1 aromatic carbocycles. The Morgan fingerprint density at radius 2 is 2.00 bits per heavy atom. The number of hydrogen-bond donors (Lipinski definition) is 1. The molecule has 1 heterocycles. The zero-order valence-corrected chi connectivity index (χ0v) is 11.2. The van der Waals surface area contributed by atoms with Crippen LogP contribution in [0.5, 0.6) is 0 Å². The van der Waals surface area contributed by atoms with Crippen molar-refractivity contribution in [3.63, 3.8) is 0 Å². The molecule has 0 saturated heterocycles. The summed E-state index contributed by atoms with van der Waals surface area (Å²) in [5.41, 5.74) is 2.36. The van der Waals surface area contributed by atoms with Crippen molar-refractivity contribution >= 4 is 11.3 Å². The highest BCUT2D eigenvalue weighted by Crippen LogP contribution is 2.27. The number of aromatic nitrogens is 1. The van der Waals surface area contributed by atoms with E-state index in [1.807, 2.05) is 17.4 Å². The highest BCUT2D eigenvalue weighted by atomic mass is 32.1. The first-order valence-corrected chi connectivity index (χ1v) is 6.85. The van der Waals surface area contributed by atoms with Crippen LogP contribution in [0.3, 0.4) is 0 Å². The number of rotatable bonds is 5. The lowest BCUT2D eigenvalue weighted by Gasteiger charge is -1.98. The van der Waals surface area contributed by atoms with Crippen LogP contribution in [0.4, 0.5) is 0 Å². The molecule has 0 amide bonds. The van der Waals surface area contributed by atoms with Crippen molar-refractivity contribution in [1.29, 1.82) is 0 Å². The van der Waals surface area contributed by atoms with E-state index in [1.165, 1.54) is 15.4 Å². The van der Waals surface area contributed by atoms with Crippen molar-refractivity contribution in [1.82, 2.24) is 10.3 Å². The molecule has 0 aliphatic rings. The molecule has 0 fully saturated rings. The lowest BCUT2D eigenvalue weighted by molar-refractivity contribution is 0.714. The van der Waals surface area contributed by atoms with Crippen LogP contribution in [-0.2, 0) is 6.42 Å².